The van der Waals surface area contributed by atoms with Gasteiger partial charge in [0.1, 0.15) is 5.60 Å². The zero-order chi connectivity index (χ0) is 18.5. The smallest absolute Gasteiger partial charge is 0.127 e. The molecule has 0 saturated heterocycles. The Hall–Kier alpha value is -1.72. The fourth-order valence-electron chi connectivity index (χ4n) is 3.57. The fraction of sp³-hybridized carbons (Fsp3) is 0.429. The second-order valence-electron chi connectivity index (χ2n) is 6.49. The van der Waals surface area contributed by atoms with Gasteiger partial charge in [0.05, 0.1) is 25.2 Å². The van der Waals surface area contributed by atoms with Crippen LogP contribution in [0.2, 0.25) is 0 Å². The van der Waals surface area contributed by atoms with E-state index in [1.54, 1.807) is 12.1 Å². The van der Waals surface area contributed by atoms with Crippen LogP contribution in [-0.2, 0) is 18.4 Å². The maximum Gasteiger partial charge on any atom is 0.127 e. The Balaban J connectivity index is 2.89. The predicted octanol–water partition coefficient (Wildman–Crippen LogP) is 2.01. The summed E-state index contributed by atoms with van der Waals surface area (Å²) in [7, 11) is 0. The third-order valence-electron chi connectivity index (χ3n) is 5.25. The van der Waals surface area contributed by atoms with Gasteiger partial charge in [0.25, 0.3) is 0 Å². The van der Waals surface area contributed by atoms with Gasteiger partial charge >= 0.3 is 0 Å². The zero-order valence-electron chi connectivity index (χ0n) is 14.9. The first kappa shape index (κ1) is 19.6. The van der Waals surface area contributed by atoms with E-state index in [0.29, 0.717) is 24.0 Å². The maximum atomic E-state index is 12.0. The van der Waals surface area contributed by atoms with Gasteiger partial charge in [-0.05, 0) is 35.1 Å². The van der Waals surface area contributed by atoms with Crippen molar-refractivity contribution in [1.29, 1.82) is 0 Å². The molecule has 0 heterocycles. The Morgan fingerprint density at radius 1 is 0.680 bits per heavy atom. The van der Waals surface area contributed by atoms with Gasteiger partial charge in [-0.3, -0.25) is 0 Å². The lowest BCUT2D eigenvalue weighted by molar-refractivity contribution is -0.136. The third-order valence-corrected chi connectivity index (χ3v) is 5.25. The highest BCUT2D eigenvalue weighted by atomic mass is 16.3. The van der Waals surface area contributed by atoms with Gasteiger partial charge in [-0.25, -0.2) is 0 Å². The first-order chi connectivity index (χ1) is 12.0. The second-order valence-corrected chi connectivity index (χ2v) is 6.49. The van der Waals surface area contributed by atoms with Crippen molar-refractivity contribution in [3.63, 3.8) is 0 Å². The minimum Gasteiger partial charge on any atom is -0.395 e. The molecule has 2 aromatic carbocycles. The maximum absolute atomic E-state index is 12.0. The number of aliphatic hydroxyl groups excluding tert-OH is 3. The summed E-state index contributed by atoms with van der Waals surface area (Å²) in [5.41, 5.74) is -0.189. The largest absolute Gasteiger partial charge is 0.395 e. The molecule has 25 heavy (non-hydrogen) atoms. The Labute approximate surface area is 149 Å². The minimum atomic E-state index is -1.72. The summed E-state index contributed by atoms with van der Waals surface area (Å²) >= 11 is 0. The number of aryl methyl sites for hydroxylation is 2. The Morgan fingerprint density at radius 2 is 1.04 bits per heavy atom. The lowest BCUT2D eigenvalue weighted by Gasteiger charge is -2.46. The minimum absolute atomic E-state index is 0.549. The van der Waals surface area contributed by atoms with Crippen LogP contribution in [0.15, 0.2) is 48.5 Å². The van der Waals surface area contributed by atoms with Crippen molar-refractivity contribution in [2.75, 3.05) is 19.8 Å². The van der Waals surface area contributed by atoms with Crippen LogP contribution in [0.1, 0.15) is 36.1 Å². The van der Waals surface area contributed by atoms with Crippen LogP contribution in [0.25, 0.3) is 0 Å². The molecule has 4 nitrogen and oxygen atoms in total. The van der Waals surface area contributed by atoms with Crippen molar-refractivity contribution in [1.82, 2.24) is 0 Å². The molecule has 4 heteroatoms. The fourth-order valence-corrected chi connectivity index (χ4v) is 3.57. The van der Waals surface area contributed by atoms with E-state index < -0.39 is 30.8 Å². The molecule has 0 radical (unpaired) electrons. The first-order valence-corrected chi connectivity index (χ1v) is 8.76. The van der Waals surface area contributed by atoms with Gasteiger partial charge < -0.3 is 20.4 Å². The number of aliphatic hydroxyl groups is 4. The normalized spacial score (nSPS) is 12.4. The lowest BCUT2D eigenvalue weighted by atomic mass is 9.63. The monoisotopic (exact) mass is 344 g/mol. The highest BCUT2D eigenvalue weighted by Crippen LogP contribution is 2.47. The molecule has 136 valence electrons. The van der Waals surface area contributed by atoms with E-state index in [9.17, 15) is 20.4 Å². The molecular weight excluding hydrogens is 316 g/mol. The van der Waals surface area contributed by atoms with Crippen LogP contribution in [0, 0.1) is 5.41 Å². The van der Waals surface area contributed by atoms with E-state index in [1.807, 2.05) is 50.2 Å². The van der Waals surface area contributed by atoms with E-state index in [0.717, 1.165) is 11.1 Å². The number of rotatable bonds is 8. The average Bonchev–Trinajstić information content (AvgIpc) is 2.69. The van der Waals surface area contributed by atoms with Crippen molar-refractivity contribution in [2.24, 2.45) is 5.41 Å². The summed E-state index contributed by atoms with van der Waals surface area (Å²) in [6.07, 6.45) is 1.37. The molecule has 0 unspecified atom stereocenters. The van der Waals surface area contributed by atoms with Crippen molar-refractivity contribution < 1.29 is 20.4 Å². The molecule has 2 rings (SSSR count). The van der Waals surface area contributed by atoms with Crippen molar-refractivity contribution in [3.8, 4) is 0 Å². The topological polar surface area (TPSA) is 80.9 Å². The summed E-state index contributed by atoms with van der Waals surface area (Å²) < 4.78 is 0. The van der Waals surface area contributed by atoms with Gasteiger partial charge in [-0.15, -0.1) is 0 Å². The quantitative estimate of drug-likeness (QED) is 0.590. The van der Waals surface area contributed by atoms with Gasteiger partial charge in [-0.2, -0.15) is 0 Å². The van der Waals surface area contributed by atoms with E-state index in [2.05, 4.69) is 0 Å². The van der Waals surface area contributed by atoms with Gasteiger partial charge in [0.15, 0.2) is 0 Å². The summed E-state index contributed by atoms with van der Waals surface area (Å²) in [6, 6.07) is 14.9. The molecular formula is C21H28O4. The molecule has 0 atom stereocenters. The molecule has 0 amide bonds. The molecule has 0 saturated carbocycles. The van der Waals surface area contributed by atoms with Crippen molar-refractivity contribution in [2.45, 2.75) is 32.3 Å². The molecule has 4 N–H and O–H groups in total. The molecule has 0 bridgehead atoms. The van der Waals surface area contributed by atoms with Gasteiger partial charge in [-0.1, -0.05) is 62.4 Å². The molecule has 2 aromatic rings. The van der Waals surface area contributed by atoms with Crippen LogP contribution in [0.4, 0.5) is 0 Å². The van der Waals surface area contributed by atoms with Gasteiger partial charge in [0, 0.05) is 0 Å². The molecule has 0 aromatic heterocycles. The Kier molecular flexibility index (Phi) is 6.36. The molecule has 0 aliphatic rings. The van der Waals surface area contributed by atoms with Crippen LogP contribution in [0.5, 0.6) is 0 Å². The average molecular weight is 344 g/mol. The van der Waals surface area contributed by atoms with Crippen molar-refractivity contribution >= 4 is 0 Å². The zero-order valence-corrected chi connectivity index (χ0v) is 14.9. The highest BCUT2D eigenvalue weighted by Gasteiger charge is 2.53. The van der Waals surface area contributed by atoms with Gasteiger partial charge in [0.2, 0.25) is 0 Å². The first-order valence-electron chi connectivity index (χ1n) is 8.76. The van der Waals surface area contributed by atoms with E-state index in [1.165, 1.54) is 0 Å². The molecule has 0 fully saturated rings. The van der Waals surface area contributed by atoms with Crippen LogP contribution >= 0.6 is 0 Å². The number of hydrogen-bond acceptors (Lipinski definition) is 4. The summed E-state index contributed by atoms with van der Waals surface area (Å²) in [5, 5.41) is 42.3. The molecule has 0 aliphatic carbocycles. The summed E-state index contributed by atoms with van der Waals surface area (Å²) in [5.74, 6) is 0. The van der Waals surface area contributed by atoms with E-state index >= 15 is 0 Å². The predicted molar refractivity (Wildman–Crippen MR) is 98.3 cm³/mol. The third kappa shape index (κ3) is 3.11. The highest BCUT2D eigenvalue weighted by molar-refractivity contribution is 5.47. The van der Waals surface area contributed by atoms with Crippen LogP contribution in [-0.4, -0.2) is 40.2 Å². The molecule has 0 spiro atoms. The van der Waals surface area contributed by atoms with Crippen LogP contribution in [0.3, 0.4) is 0 Å². The summed E-state index contributed by atoms with van der Waals surface area (Å²) in [6.45, 7) is 2.33. The lowest BCUT2D eigenvalue weighted by Crippen LogP contribution is -2.54. The SMILES string of the molecule is CCc1ccccc1C(O)(c1ccccc1CC)C(CO)(CO)CO. The van der Waals surface area contributed by atoms with Crippen LogP contribution < -0.4 is 0 Å². The standard InChI is InChI=1S/C21H28O4/c1-3-16-9-5-7-11-18(16)21(25,20(13-22,14-23)15-24)19-12-8-6-10-17(19)4-2/h5-12,22-25H,3-4,13-15H2,1-2H3. The van der Waals surface area contributed by atoms with Crippen molar-refractivity contribution in [3.05, 3.63) is 70.8 Å². The number of hydrogen-bond donors (Lipinski definition) is 4. The Bertz CT molecular complexity index is 636. The Morgan fingerprint density at radius 3 is 1.36 bits per heavy atom. The molecule has 0 aliphatic heterocycles. The second kappa shape index (κ2) is 8.11. The number of benzene rings is 2. The van der Waals surface area contributed by atoms with E-state index in [-0.39, 0.29) is 0 Å². The van der Waals surface area contributed by atoms with E-state index in [4.69, 9.17) is 0 Å². The summed E-state index contributed by atoms with van der Waals surface area (Å²) in [4.78, 5) is 0.